The molecule has 0 N–H and O–H groups in total. The van der Waals surface area contributed by atoms with Gasteiger partial charge in [-0.1, -0.05) is 18.2 Å². The van der Waals surface area contributed by atoms with E-state index < -0.39 is 0 Å². The molecular weight excluding hydrogens is 266 g/mol. The summed E-state index contributed by atoms with van der Waals surface area (Å²) in [4.78, 5) is 18.3. The first kappa shape index (κ1) is 13.7. The van der Waals surface area contributed by atoms with E-state index in [2.05, 4.69) is 4.98 Å². The van der Waals surface area contributed by atoms with Crippen molar-refractivity contribution in [2.45, 2.75) is 13.0 Å². The van der Waals surface area contributed by atoms with Crippen LogP contribution in [-0.4, -0.2) is 40.6 Å². The van der Waals surface area contributed by atoms with E-state index in [-0.39, 0.29) is 11.8 Å². The molecule has 1 aromatic carbocycles. The summed E-state index contributed by atoms with van der Waals surface area (Å²) in [5.74, 6) is 0.958. The van der Waals surface area contributed by atoms with Crippen LogP contribution >= 0.6 is 0 Å². The molecule has 0 bridgehead atoms. The number of hydrogen-bond acceptors (Lipinski definition) is 3. The average Bonchev–Trinajstić information content (AvgIpc) is 3.05. The van der Waals surface area contributed by atoms with Gasteiger partial charge in [-0.2, -0.15) is 0 Å². The first-order valence-electron chi connectivity index (χ1n) is 7.15. The number of para-hydroxylation sites is 1. The zero-order valence-electron chi connectivity index (χ0n) is 12.1. The molecule has 1 aromatic heterocycles. The van der Waals surface area contributed by atoms with Gasteiger partial charge in [-0.05, 0) is 18.1 Å². The van der Waals surface area contributed by atoms with E-state index in [0.717, 1.165) is 24.3 Å². The summed E-state index contributed by atoms with van der Waals surface area (Å²) < 4.78 is 7.66. The number of rotatable bonds is 4. The lowest BCUT2D eigenvalue weighted by Crippen LogP contribution is -2.39. The van der Waals surface area contributed by atoms with Crippen LogP contribution in [0.1, 0.15) is 5.56 Å². The Morgan fingerprint density at radius 2 is 2.33 bits per heavy atom. The van der Waals surface area contributed by atoms with Crippen molar-refractivity contribution in [1.29, 1.82) is 0 Å². The van der Waals surface area contributed by atoms with Crippen LogP contribution in [0.3, 0.4) is 0 Å². The fraction of sp³-hybridized carbons (Fsp3) is 0.375. The number of carbonyl (C=O) groups excluding carboxylic acids is 1. The zero-order chi connectivity index (χ0) is 14.7. The third kappa shape index (κ3) is 3.07. The summed E-state index contributed by atoms with van der Waals surface area (Å²) >= 11 is 0. The minimum atomic E-state index is -0.0901. The van der Waals surface area contributed by atoms with Gasteiger partial charge in [0.1, 0.15) is 12.4 Å². The average molecular weight is 285 g/mol. The largest absolute Gasteiger partial charge is 0.492 e. The lowest BCUT2D eigenvalue weighted by atomic mass is 9.95. The Balaban J connectivity index is 1.58. The molecule has 2 heterocycles. The molecule has 3 rings (SSSR count). The number of aromatic nitrogens is 2. The molecule has 110 valence electrons. The van der Waals surface area contributed by atoms with Crippen LogP contribution in [0, 0.1) is 5.92 Å². The second-order valence-electron chi connectivity index (χ2n) is 5.38. The Bertz CT molecular complexity index is 610. The number of nitrogens with zero attached hydrogens (tertiary/aromatic N) is 3. The monoisotopic (exact) mass is 285 g/mol. The van der Waals surface area contributed by atoms with E-state index in [0.29, 0.717) is 13.2 Å². The molecule has 0 saturated carbocycles. The smallest absolute Gasteiger partial charge is 0.229 e. The summed E-state index contributed by atoms with van der Waals surface area (Å²) in [6, 6.07) is 7.93. The molecule has 0 unspecified atom stereocenters. The number of fused-ring (bicyclic) bond motifs is 1. The fourth-order valence-electron chi connectivity index (χ4n) is 2.59. The third-order valence-electron chi connectivity index (χ3n) is 3.86. The molecule has 2 aromatic rings. The minimum absolute atomic E-state index is 0.0901. The van der Waals surface area contributed by atoms with Gasteiger partial charge in [-0.25, -0.2) is 4.98 Å². The van der Waals surface area contributed by atoms with Gasteiger partial charge in [0.25, 0.3) is 0 Å². The Morgan fingerprint density at radius 1 is 1.48 bits per heavy atom. The van der Waals surface area contributed by atoms with E-state index >= 15 is 0 Å². The number of benzene rings is 1. The van der Waals surface area contributed by atoms with Crippen molar-refractivity contribution in [2.24, 2.45) is 5.92 Å². The molecule has 1 amide bonds. The molecule has 5 nitrogen and oxygen atoms in total. The highest BCUT2D eigenvalue weighted by atomic mass is 16.5. The molecule has 0 radical (unpaired) electrons. The molecule has 1 atom stereocenters. The van der Waals surface area contributed by atoms with Crippen molar-refractivity contribution in [3.05, 3.63) is 48.5 Å². The number of hydrogen-bond donors (Lipinski definition) is 0. The molecular formula is C16H19N3O2. The molecule has 0 fully saturated rings. The highest BCUT2D eigenvalue weighted by Gasteiger charge is 2.27. The van der Waals surface area contributed by atoms with Gasteiger partial charge in [0, 0.05) is 32.5 Å². The number of amides is 1. The number of carbonyl (C=O) groups is 1. The van der Waals surface area contributed by atoms with Crippen LogP contribution in [-0.2, 0) is 17.8 Å². The highest BCUT2D eigenvalue weighted by Crippen LogP contribution is 2.27. The fourth-order valence-corrected chi connectivity index (χ4v) is 2.59. The van der Waals surface area contributed by atoms with Crippen molar-refractivity contribution >= 4 is 5.91 Å². The SMILES string of the molecule is CN(CCn1ccnc1)C(=O)[C@@H]1COc2ccccc2C1. The summed E-state index contributed by atoms with van der Waals surface area (Å²) in [6.45, 7) is 1.89. The highest BCUT2D eigenvalue weighted by molar-refractivity contribution is 5.79. The predicted molar refractivity (Wildman–Crippen MR) is 79.0 cm³/mol. The minimum Gasteiger partial charge on any atom is -0.492 e. The van der Waals surface area contributed by atoms with Crippen molar-refractivity contribution in [2.75, 3.05) is 20.2 Å². The number of ether oxygens (including phenoxy) is 1. The molecule has 1 aliphatic rings. The van der Waals surface area contributed by atoms with Gasteiger partial charge in [0.2, 0.25) is 5.91 Å². The molecule has 0 aliphatic carbocycles. The maximum Gasteiger partial charge on any atom is 0.229 e. The molecule has 1 aliphatic heterocycles. The maximum absolute atomic E-state index is 12.5. The quantitative estimate of drug-likeness (QED) is 0.857. The van der Waals surface area contributed by atoms with Crippen LogP contribution in [0.2, 0.25) is 0 Å². The third-order valence-corrected chi connectivity index (χ3v) is 3.86. The molecule has 5 heteroatoms. The van der Waals surface area contributed by atoms with Crippen molar-refractivity contribution < 1.29 is 9.53 Å². The van der Waals surface area contributed by atoms with Crippen molar-refractivity contribution in [3.8, 4) is 5.75 Å². The van der Waals surface area contributed by atoms with Crippen LogP contribution in [0.15, 0.2) is 43.0 Å². The van der Waals surface area contributed by atoms with Crippen LogP contribution < -0.4 is 4.74 Å². The Morgan fingerprint density at radius 3 is 3.14 bits per heavy atom. The van der Waals surface area contributed by atoms with E-state index in [1.165, 1.54) is 0 Å². The second kappa shape index (κ2) is 5.99. The second-order valence-corrected chi connectivity index (χ2v) is 5.38. The Hall–Kier alpha value is -2.30. The predicted octanol–water partition coefficient (Wildman–Crippen LogP) is 1.59. The van der Waals surface area contributed by atoms with Gasteiger partial charge in [-0.3, -0.25) is 4.79 Å². The van der Waals surface area contributed by atoms with Gasteiger partial charge in [0.05, 0.1) is 12.2 Å². The first-order chi connectivity index (χ1) is 10.2. The van der Waals surface area contributed by atoms with E-state index in [1.807, 2.05) is 42.1 Å². The maximum atomic E-state index is 12.5. The van der Waals surface area contributed by atoms with Crippen molar-refractivity contribution in [1.82, 2.24) is 14.5 Å². The summed E-state index contributed by atoms with van der Waals surface area (Å²) in [5.41, 5.74) is 1.12. The zero-order valence-corrected chi connectivity index (χ0v) is 12.1. The van der Waals surface area contributed by atoms with E-state index in [4.69, 9.17) is 4.74 Å². The van der Waals surface area contributed by atoms with E-state index in [9.17, 15) is 4.79 Å². The Kier molecular flexibility index (Phi) is 3.90. The van der Waals surface area contributed by atoms with Gasteiger partial charge in [-0.15, -0.1) is 0 Å². The normalized spacial score (nSPS) is 16.9. The number of imidazole rings is 1. The summed E-state index contributed by atoms with van der Waals surface area (Å²) in [7, 11) is 1.85. The van der Waals surface area contributed by atoms with Gasteiger partial charge < -0.3 is 14.2 Å². The Labute approximate surface area is 124 Å². The molecule has 0 saturated heterocycles. The van der Waals surface area contributed by atoms with Gasteiger partial charge in [0.15, 0.2) is 0 Å². The number of likely N-dealkylation sites (N-methyl/N-ethyl adjacent to an activating group) is 1. The topological polar surface area (TPSA) is 47.4 Å². The van der Waals surface area contributed by atoms with Crippen LogP contribution in [0.5, 0.6) is 5.75 Å². The summed E-state index contributed by atoms with van der Waals surface area (Å²) in [5, 5.41) is 0. The first-order valence-corrected chi connectivity index (χ1v) is 7.15. The molecule has 0 spiro atoms. The summed E-state index contributed by atoms with van der Waals surface area (Å²) in [6.07, 6.45) is 6.16. The van der Waals surface area contributed by atoms with Crippen molar-refractivity contribution in [3.63, 3.8) is 0 Å². The lowest BCUT2D eigenvalue weighted by molar-refractivity contribution is -0.135. The van der Waals surface area contributed by atoms with Gasteiger partial charge >= 0.3 is 0 Å². The lowest BCUT2D eigenvalue weighted by Gasteiger charge is -2.28. The van der Waals surface area contributed by atoms with Crippen LogP contribution in [0.25, 0.3) is 0 Å². The standard InChI is InChI=1S/C16H19N3O2/c1-18(8-9-19-7-6-17-12-19)16(20)14-10-13-4-2-3-5-15(13)21-11-14/h2-7,12,14H,8-11H2,1H3/t14-/m0/s1. The van der Waals surface area contributed by atoms with E-state index in [1.54, 1.807) is 17.4 Å². The van der Waals surface area contributed by atoms with Crippen LogP contribution in [0.4, 0.5) is 0 Å². The molecule has 21 heavy (non-hydrogen) atoms.